The van der Waals surface area contributed by atoms with E-state index in [4.69, 9.17) is 0 Å². The molecule has 0 bridgehead atoms. The third-order valence-electron chi connectivity index (χ3n) is 2.87. The highest BCUT2D eigenvalue weighted by molar-refractivity contribution is 9.10. The third-order valence-corrected chi connectivity index (χ3v) is 3.93. The van der Waals surface area contributed by atoms with Crippen molar-refractivity contribution >= 4 is 21.8 Å². The molecule has 16 heavy (non-hydrogen) atoms. The number of carbonyl (C=O) groups excluding carboxylic acids is 1. The van der Waals surface area contributed by atoms with E-state index in [0.29, 0.717) is 25.1 Å². The molecule has 1 aliphatic heterocycles. The van der Waals surface area contributed by atoms with Crippen LogP contribution in [0.4, 0.5) is 0 Å². The lowest BCUT2D eigenvalue weighted by molar-refractivity contribution is 0.0764. The van der Waals surface area contributed by atoms with Crippen LogP contribution in [0.3, 0.4) is 0 Å². The van der Waals surface area contributed by atoms with E-state index in [1.54, 1.807) is 4.90 Å². The lowest BCUT2D eigenvalue weighted by Gasteiger charge is -2.17. The van der Waals surface area contributed by atoms with Gasteiger partial charge in [0.2, 0.25) is 0 Å². The van der Waals surface area contributed by atoms with Gasteiger partial charge in [0.25, 0.3) is 5.91 Å². The normalized spacial score (nSPS) is 20.2. The molecule has 1 N–H and O–H groups in total. The van der Waals surface area contributed by atoms with Gasteiger partial charge in [-0.25, -0.2) is 0 Å². The van der Waals surface area contributed by atoms with Crippen LogP contribution in [0.1, 0.15) is 22.3 Å². The third kappa shape index (κ3) is 2.13. The Labute approximate surface area is 103 Å². The molecule has 1 saturated heterocycles. The van der Waals surface area contributed by atoms with Crippen molar-refractivity contribution in [1.29, 1.82) is 0 Å². The van der Waals surface area contributed by atoms with E-state index in [-0.39, 0.29) is 12.0 Å². The van der Waals surface area contributed by atoms with Gasteiger partial charge in [0.1, 0.15) is 0 Å². The van der Waals surface area contributed by atoms with Gasteiger partial charge in [0.05, 0.1) is 11.7 Å². The van der Waals surface area contributed by atoms with Gasteiger partial charge < -0.3 is 10.0 Å². The summed E-state index contributed by atoms with van der Waals surface area (Å²) in [6.45, 7) is 3.04. The molecule has 1 amide bonds. The highest BCUT2D eigenvalue weighted by atomic mass is 79.9. The molecule has 0 saturated carbocycles. The maximum atomic E-state index is 12.2. The average molecular weight is 284 g/mol. The Balaban J connectivity index is 2.24. The SMILES string of the molecule is Cc1cccc(C(=O)N2CC[C@H](O)C2)c1Br. The molecule has 0 aliphatic carbocycles. The number of aliphatic hydroxyl groups excluding tert-OH is 1. The van der Waals surface area contributed by atoms with Gasteiger partial charge in [-0.15, -0.1) is 0 Å². The number of amides is 1. The van der Waals surface area contributed by atoms with Gasteiger partial charge in [-0.05, 0) is 40.9 Å². The molecule has 0 radical (unpaired) electrons. The summed E-state index contributed by atoms with van der Waals surface area (Å²) in [7, 11) is 0. The molecule has 2 rings (SSSR count). The Kier molecular flexibility index (Phi) is 3.30. The molecule has 0 aromatic heterocycles. The molecule has 1 aliphatic rings. The predicted molar refractivity (Wildman–Crippen MR) is 65.4 cm³/mol. The number of benzene rings is 1. The van der Waals surface area contributed by atoms with Gasteiger partial charge >= 0.3 is 0 Å². The smallest absolute Gasteiger partial charge is 0.255 e. The van der Waals surface area contributed by atoms with Crippen molar-refractivity contribution < 1.29 is 9.90 Å². The second-order valence-electron chi connectivity index (χ2n) is 4.13. The van der Waals surface area contributed by atoms with Gasteiger partial charge in [-0.3, -0.25) is 4.79 Å². The van der Waals surface area contributed by atoms with Crippen LogP contribution in [0.5, 0.6) is 0 Å². The van der Waals surface area contributed by atoms with E-state index >= 15 is 0 Å². The number of halogens is 1. The van der Waals surface area contributed by atoms with Crippen LogP contribution in [-0.4, -0.2) is 35.1 Å². The fourth-order valence-corrected chi connectivity index (χ4v) is 2.34. The molecule has 1 aromatic rings. The predicted octanol–water partition coefficient (Wildman–Crippen LogP) is 1.96. The number of hydrogen-bond donors (Lipinski definition) is 1. The fraction of sp³-hybridized carbons (Fsp3) is 0.417. The number of aryl methyl sites for hydroxylation is 1. The van der Waals surface area contributed by atoms with Crippen molar-refractivity contribution in [1.82, 2.24) is 4.90 Å². The van der Waals surface area contributed by atoms with Crippen LogP contribution in [0, 0.1) is 6.92 Å². The first kappa shape index (κ1) is 11.6. The van der Waals surface area contributed by atoms with Crippen LogP contribution in [0.25, 0.3) is 0 Å². The summed E-state index contributed by atoms with van der Waals surface area (Å²) in [6, 6.07) is 5.64. The van der Waals surface area contributed by atoms with Crippen molar-refractivity contribution in [2.75, 3.05) is 13.1 Å². The second kappa shape index (κ2) is 4.55. The van der Waals surface area contributed by atoms with Gasteiger partial charge in [-0.1, -0.05) is 12.1 Å². The van der Waals surface area contributed by atoms with Crippen LogP contribution >= 0.6 is 15.9 Å². The fourth-order valence-electron chi connectivity index (χ4n) is 1.91. The summed E-state index contributed by atoms with van der Waals surface area (Å²) in [4.78, 5) is 13.8. The van der Waals surface area contributed by atoms with E-state index in [2.05, 4.69) is 15.9 Å². The largest absolute Gasteiger partial charge is 0.391 e. The number of aliphatic hydroxyl groups is 1. The molecular weight excluding hydrogens is 270 g/mol. The highest BCUT2D eigenvalue weighted by Gasteiger charge is 2.26. The minimum absolute atomic E-state index is 0.00729. The number of hydrogen-bond acceptors (Lipinski definition) is 2. The lowest BCUT2D eigenvalue weighted by Crippen LogP contribution is -2.29. The maximum absolute atomic E-state index is 12.2. The zero-order valence-electron chi connectivity index (χ0n) is 9.11. The Hall–Kier alpha value is -0.870. The topological polar surface area (TPSA) is 40.5 Å². The molecule has 86 valence electrons. The summed E-state index contributed by atoms with van der Waals surface area (Å²) in [6.07, 6.45) is 0.308. The van der Waals surface area contributed by atoms with Crippen molar-refractivity contribution in [3.63, 3.8) is 0 Å². The molecule has 0 spiro atoms. The van der Waals surface area contributed by atoms with E-state index < -0.39 is 0 Å². The molecule has 1 aromatic carbocycles. The first-order valence-electron chi connectivity index (χ1n) is 5.32. The van der Waals surface area contributed by atoms with E-state index in [1.807, 2.05) is 25.1 Å². The standard InChI is InChI=1S/C12H14BrNO2/c1-8-3-2-4-10(11(8)13)12(16)14-6-5-9(15)7-14/h2-4,9,15H,5-7H2,1H3/t9-/m0/s1. The molecule has 0 unspecified atom stereocenters. The molecule has 3 nitrogen and oxygen atoms in total. The molecule has 1 fully saturated rings. The van der Waals surface area contributed by atoms with Crippen molar-refractivity contribution in [2.45, 2.75) is 19.4 Å². The Morgan fingerprint density at radius 1 is 1.56 bits per heavy atom. The first-order chi connectivity index (χ1) is 7.59. The number of carbonyl (C=O) groups is 1. The minimum atomic E-state index is -0.368. The summed E-state index contributed by atoms with van der Waals surface area (Å²) >= 11 is 3.43. The van der Waals surface area contributed by atoms with Crippen molar-refractivity contribution in [2.24, 2.45) is 0 Å². The Morgan fingerprint density at radius 3 is 2.94 bits per heavy atom. The highest BCUT2D eigenvalue weighted by Crippen LogP contribution is 2.23. The van der Waals surface area contributed by atoms with Gasteiger partial charge in [0.15, 0.2) is 0 Å². The van der Waals surface area contributed by atoms with E-state index in [0.717, 1.165) is 10.0 Å². The Morgan fingerprint density at radius 2 is 2.31 bits per heavy atom. The number of nitrogens with zero attached hydrogens (tertiary/aromatic N) is 1. The number of likely N-dealkylation sites (tertiary alicyclic amines) is 1. The molecular formula is C12H14BrNO2. The second-order valence-corrected chi connectivity index (χ2v) is 4.92. The molecule has 1 heterocycles. The van der Waals surface area contributed by atoms with E-state index in [1.165, 1.54) is 0 Å². The first-order valence-corrected chi connectivity index (χ1v) is 6.11. The zero-order valence-corrected chi connectivity index (χ0v) is 10.7. The van der Waals surface area contributed by atoms with E-state index in [9.17, 15) is 9.90 Å². The van der Waals surface area contributed by atoms with Crippen molar-refractivity contribution in [3.8, 4) is 0 Å². The number of rotatable bonds is 1. The summed E-state index contributed by atoms with van der Waals surface area (Å²) in [5.41, 5.74) is 1.72. The minimum Gasteiger partial charge on any atom is -0.391 e. The summed E-state index contributed by atoms with van der Waals surface area (Å²) in [5.74, 6) is -0.00729. The quantitative estimate of drug-likeness (QED) is 0.856. The van der Waals surface area contributed by atoms with Gasteiger partial charge in [0, 0.05) is 17.6 Å². The van der Waals surface area contributed by atoms with Crippen molar-refractivity contribution in [3.05, 3.63) is 33.8 Å². The molecule has 1 atom stereocenters. The maximum Gasteiger partial charge on any atom is 0.255 e. The summed E-state index contributed by atoms with van der Waals surface area (Å²) < 4.78 is 0.849. The average Bonchev–Trinajstić information content (AvgIpc) is 2.68. The molecule has 4 heteroatoms. The van der Waals surface area contributed by atoms with Crippen LogP contribution in [0.15, 0.2) is 22.7 Å². The monoisotopic (exact) mass is 283 g/mol. The Bertz CT molecular complexity index is 419. The summed E-state index contributed by atoms with van der Waals surface area (Å²) in [5, 5.41) is 9.41. The lowest BCUT2D eigenvalue weighted by atomic mass is 10.1. The number of β-amino-alcohol motifs (C(OH)–C–C–N with tert-alkyl or cyclic N) is 1. The zero-order chi connectivity index (χ0) is 11.7. The van der Waals surface area contributed by atoms with Crippen LogP contribution in [-0.2, 0) is 0 Å². The van der Waals surface area contributed by atoms with Crippen LogP contribution < -0.4 is 0 Å². The van der Waals surface area contributed by atoms with Gasteiger partial charge in [-0.2, -0.15) is 0 Å². The van der Waals surface area contributed by atoms with Crippen LogP contribution in [0.2, 0.25) is 0 Å².